The zero-order chi connectivity index (χ0) is 14.5. The van der Waals surface area contributed by atoms with Crippen molar-refractivity contribution in [3.05, 3.63) is 51.5 Å². The molecule has 0 aliphatic rings. The van der Waals surface area contributed by atoms with Crippen LogP contribution in [0.2, 0.25) is 0 Å². The first-order valence-electron chi connectivity index (χ1n) is 7.04. The smallest absolute Gasteiger partial charge is 0.0926 e. The molecule has 108 valence electrons. The predicted molar refractivity (Wildman–Crippen MR) is 83.8 cm³/mol. The van der Waals surface area contributed by atoms with E-state index >= 15 is 0 Å². The van der Waals surface area contributed by atoms with Crippen LogP contribution in [0.3, 0.4) is 0 Å². The van der Waals surface area contributed by atoms with E-state index in [0.717, 1.165) is 17.7 Å². The SMILES string of the molecule is CCc1nc(C(C)NC(C)c2cccc(CO)c2)cs1. The van der Waals surface area contributed by atoms with Crippen molar-refractivity contribution in [3.8, 4) is 0 Å². The van der Waals surface area contributed by atoms with Crippen LogP contribution in [0, 0.1) is 0 Å². The minimum Gasteiger partial charge on any atom is -0.392 e. The van der Waals surface area contributed by atoms with Crippen LogP contribution in [0.5, 0.6) is 0 Å². The number of aliphatic hydroxyl groups is 1. The molecule has 1 aromatic carbocycles. The summed E-state index contributed by atoms with van der Waals surface area (Å²) < 4.78 is 0. The molecule has 0 radical (unpaired) electrons. The molecule has 2 rings (SSSR count). The second-order valence-electron chi connectivity index (χ2n) is 5.03. The minimum atomic E-state index is 0.0854. The monoisotopic (exact) mass is 290 g/mol. The molecular formula is C16H22N2OS. The lowest BCUT2D eigenvalue weighted by molar-refractivity contribution is 0.281. The highest BCUT2D eigenvalue weighted by Gasteiger charge is 2.13. The van der Waals surface area contributed by atoms with Crippen molar-refractivity contribution in [3.63, 3.8) is 0 Å². The van der Waals surface area contributed by atoms with Gasteiger partial charge in [-0.15, -0.1) is 11.3 Å². The maximum Gasteiger partial charge on any atom is 0.0926 e. The molecule has 0 saturated carbocycles. The summed E-state index contributed by atoms with van der Waals surface area (Å²) in [6, 6.07) is 8.50. The van der Waals surface area contributed by atoms with Gasteiger partial charge < -0.3 is 10.4 Å². The summed E-state index contributed by atoms with van der Waals surface area (Å²) >= 11 is 1.72. The van der Waals surface area contributed by atoms with Crippen LogP contribution in [0.25, 0.3) is 0 Å². The Morgan fingerprint density at radius 2 is 2.10 bits per heavy atom. The summed E-state index contributed by atoms with van der Waals surface area (Å²) in [5, 5.41) is 16.1. The standard InChI is InChI=1S/C16H22N2OS/c1-4-16-18-15(10-20-16)12(3)17-11(2)14-7-5-6-13(8-14)9-19/h5-8,10-12,17,19H,4,9H2,1-3H3. The highest BCUT2D eigenvalue weighted by Crippen LogP contribution is 2.22. The fourth-order valence-electron chi connectivity index (χ4n) is 2.20. The molecule has 0 aliphatic heterocycles. The van der Waals surface area contributed by atoms with E-state index in [4.69, 9.17) is 0 Å². The summed E-state index contributed by atoms with van der Waals surface area (Å²) in [7, 11) is 0. The third-order valence-corrected chi connectivity index (χ3v) is 4.46. The maximum atomic E-state index is 9.20. The van der Waals surface area contributed by atoms with E-state index in [1.54, 1.807) is 11.3 Å². The third kappa shape index (κ3) is 3.66. The lowest BCUT2D eigenvalue weighted by Gasteiger charge is -2.19. The Morgan fingerprint density at radius 1 is 1.30 bits per heavy atom. The number of hydrogen-bond acceptors (Lipinski definition) is 4. The van der Waals surface area contributed by atoms with E-state index in [1.807, 2.05) is 18.2 Å². The molecule has 20 heavy (non-hydrogen) atoms. The van der Waals surface area contributed by atoms with Crippen molar-refractivity contribution in [1.29, 1.82) is 0 Å². The lowest BCUT2D eigenvalue weighted by atomic mass is 10.0. The van der Waals surface area contributed by atoms with Gasteiger partial charge in [0.1, 0.15) is 0 Å². The summed E-state index contributed by atoms with van der Waals surface area (Å²) in [6.07, 6.45) is 0.992. The van der Waals surface area contributed by atoms with Crippen LogP contribution in [-0.2, 0) is 13.0 Å². The molecule has 4 heteroatoms. The van der Waals surface area contributed by atoms with Gasteiger partial charge in [-0.1, -0.05) is 31.2 Å². The Labute approximate surface area is 124 Å². The Bertz CT molecular complexity index is 553. The van der Waals surface area contributed by atoms with Gasteiger partial charge in [0.05, 0.1) is 17.3 Å². The molecule has 1 aromatic heterocycles. The molecule has 3 nitrogen and oxygen atoms in total. The number of benzene rings is 1. The fourth-order valence-corrected chi connectivity index (χ4v) is 3.04. The maximum absolute atomic E-state index is 9.20. The van der Waals surface area contributed by atoms with E-state index in [0.29, 0.717) is 0 Å². The number of hydrogen-bond donors (Lipinski definition) is 2. The molecule has 0 saturated heterocycles. The van der Waals surface area contributed by atoms with Crippen molar-refractivity contribution in [2.24, 2.45) is 0 Å². The highest BCUT2D eigenvalue weighted by molar-refractivity contribution is 7.09. The van der Waals surface area contributed by atoms with Crippen molar-refractivity contribution in [2.75, 3.05) is 0 Å². The Hall–Kier alpha value is -1.23. The Morgan fingerprint density at radius 3 is 2.75 bits per heavy atom. The molecule has 2 N–H and O–H groups in total. The number of aliphatic hydroxyl groups excluding tert-OH is 1. The Kier molecular flexibility index (Phi) is 5.29. The predicted octanol–water partition coefficient (Wildman–Crippen LogP) is 3.61. The van der Waals surface area contributed by atoms with Crippen molar-refractivity contribution in [1.82, 2.24) is 10.3 Å². The minimum absolute atomic E-state index is 0.0854. The molecule has 0 spiro atoms. The summed E-state index contributed by atoms with van der Waals surface area (Å²) in [5.74, 6) is 0. The lowest BCUT2D eigenvalue weighted by Crippen LogP contribution is -2.22. The van der Waals surface area contributed by atoms with Gasteiger partial charge in [0.15, 0.2) is 0 Å². The number of aromatic nitrogens is 1. The van der Waals surface area contributed by atoms with Crippen LogP contribution in [-0.4, -0.2) is 10.1 Å². The zero-order valence-electron chi connectivity index (χ0n) is 12.3. The van der Waals surface area contributed by atoms with E-state index in [1.165, 1.54) is 10.6 Å². The van der Waals surface area contributed by atoms with Gasteiger partial charge in [0.25, 0.3) is 0 Å². The van der Waals surface area contributed by atoms with Gasteiger partial charge in [-0.05, 0) is 31.4 Å². The van der Waals surface area contributed by atoms with Crippen LogP contribution >= 0.6 is 11.3 Å². The third-order valence-electron chi connectivity index (χ3n) is 3.45. The van der Waals surface area contributed by atoms with Crippen LogP contribution in [0.15, 0.2) is 29.6 Å². The molecule has 0 amide bonds. The molecule has 2 unspecified atom stereocenters. The molecule has 2 atom stereocenters. The van der Waals surface area contributed by atoms with Crippen LogP contribution < -0.4 is 5.32 Å². The van der Waals surface area contributed by atoms with Gasteiger partial charge in [0, 0.05) is 17.5 Å². The Balaban J connectivity index is 2.04. The quantitative estimate of drug-likeness (QED) is 0.854. The average Bonchev–Trinajstić information content (AvgIpc) is 2.96. The first-order valence-corrected chi connectivity index (χ1v) is 7.92. The first kappa shape index (κ1) is 15.2. The van der Waals surface area contributed by atoms with E-state index < -0.39 is 0 Å². The van der Waals surface area contributed by atoms with Gasteiger partial charge in [-0.25, -0.2) is 4.98 Å². The van der Waals surface area contributed by atoms with Crippen molar-refractivity contribution < 1.29 is 5.11 Å². The van der Waals surface area contributed by atoms with Gasteiger partial charge in [-0.3, -0.25) is 0 Å². The highest BCUT2D eigenvalue weighted by atomic mass is 32.1. The second-order valence-corrected chi connectivity index (χ2v) is 5.98. The van der Waals surface area contributed by atoms with E-state index in [2.05, 4.69) is 42.5 Å². The number of nitrogens with zero attached hydrogens (tertiary/aromatic N) is 1. The van der Waals surface area contributed by atoms with E-state index in [9.17, 15) is 5.11 Å². The molecule has 0 aliphatic carbocycles. The number of rotatable bonds is 6. The molecule has 1 heterocycles. The normalized spacial score (nSPS) is 14.2. The molecule has 2 aromatic rings. The van der Waals surface area contributed by atoms with Gasteiger partial charge in [0.2, 0.25) is 0 Å². The van der Waals surface area contributed by atoms with Crippen LogP contribution in [0.4, 0.5) is 0 Å². The fraction of sp³-hybridized carbons (Fsp3) is 0.438. The average molecular weight is 290 g/mol. The molecule has 0 fully saturated rings. The number of thiazole rings is 1. The van der Waals surface area contributed by atoms with Gasteiger partial charge in [-0.2, -0.15) is 0 Å². The number of nitrogens with one attached hydrogen (secondary N) is 1. The van der Waals surface area contributed by atoms with Crippen molar-refractivity contribution in [2.45, 2.75) is 45.9 Å². The summed E-state index contributed by atoms with van der Waals surface area (Å²) in [5.41, 5.74) is 3.25. The zero-order valence-corrected chi connectivity index (χ0v) is 13.1. The molecular weight excluding hydrogens is 268 g/mol. The largest absolute Gasteiger partial charge is 0.392 e. The van der Waals surface area contributed by atoms with E-state index in [-0.39, 0.29) is 18.7 Å². The molecule has 0 bridgehead atoms. The van der Waals surface area contributed by atoms with Crippen molar-refractivity contribution >= 4 is 11.3 Å². The number of aryl methyl sites for hydroxylation is 1. The second kappa shape index (κ2) is 6.97. The van der Waals surface area contributed by atoms with Gasteiger partial charge >= 0.3 is 0 Å². The summed E-state index contributed by atoms with van der Waals surface area (Å²) in [6.45, 7) is 6.49. The topological polar surface area (TPSA) is 45.2 Å². The summed E-state index contributed by atoms with van der Waals surface area (Å²) in [4.78, 5) is 4.63. The first-order chi connectivity index (χ1) is 9.63. The van der Waals surface area contributed by atoms with Crippen LogP contribution in [0.1, 0.15) is 54.7 Å².